The van der Waals surface area contributed by atoms with Crippen LogP contribution in [-0.2, 0) is 9.16 Å². The van der Waals surface area contributed by atoms with E-state index < -0.39 is 8.32 Å². The second-order valence-corrected chi connectivity index (χ2v) is 17.8. The highest BCUT2D eigenvalue weighted by atomic mass is 79.9. The van der Waals surface area contributed by atoms with E-state index in [4.69, 9.17) is 9.16 Å². The summed E-state index contributed by atoms with van der Waals surface area (Å²) >= 11 is 6.87. The molecule has 1 aliphatic rings. The number of benzene rings is 2. The van der Waals surface area contributed by atoms with E-state index in [-0.39, 0.29) is 11.1 Å². The summed E-state index contributed by atoms with van der Waals surface area (Å²) in [6.45, 7) is 10.2. The molecule has 0 saturated heterocycles. The van der Waals surface area contributed by atoms with Crippen molar-refractivity contribution in [1.29, 1.82) is 0 Å². The van der Waals surface area contributed by atoms with Crippen molar-refractivity contribution in [2.45, 2.75) is 77.0 Å². The lowest BCUT2D eigenvalue weighted by Crippen LogP contribution is -2.66. The van der Waals surface area contributed by atoms with Crippen molar-refractivity contribution in [2.75, 3.05) is 6.61 Å². The van der Waals surface area contributed by atoms with E-state index >= 15 is 0 Å². The summed E-state index contributed by atoms with van der Waals surface area (Å²) in [4.78, 5) is 0. The summed E-state index contributed by atoms with van der Waals surface area (Å²) in [5.74, 6) is 0.605. The van der Waals surface area contributed by atoms with Gasteiger partial charge in [0.1, 0.15) is 0 Å². The van der Waals surface area contributed by atoms with Crippen molar-refractivity contribution in [3.05, 3.63) is 82.3 Å². The number of hydrogen-bond donors (Lipinski definition) is 0. The van der Waals surface area contributed by atoms with E-state index in [9.17, 15) is 0 Å². The highest BCUT2D eigenvalue weighted by Crippen LogP contribution is 2.37. The molecular formula is C30H40Br2O2Si. The average Bonchev–Trinajstić information content (AvgIpc) is 2.83. The quantitative estimate of drug-likeness (QED) is 0.144. The molecule has 2 aromatic carbocycles. The second-order valence-electron chi connectivity index (χ2n) is 10.7. The number of rotatable bonds is 11. The Labute approximate surface area is 230 Å². The van der Waals surface area contributed by atoms with Gasteiger partial charge in [-0.3, -0.25) is 0 Å². The zero-order valence-corrected chi connectivity index (χ0v) is 25.7. The molecule has 5 heteroatoms. The molecule has 0 aliphatic carbocycles. The lowest BCUT2D eigenvalue weighted by Gasteiger charge is -2.43. The van der Waals surface area contributed by atoms with Gasteiger partial charge in [0.05, 0.1) is 15.6 Å². The maximum atomic E-state index is 7.06. The van der Waals surface area contributed by atoms with Crippen LogP contribution in [0.4, 0.5) is 0 Å². The zero-order valence-electron chi connectivity index (χ0n) is 21.6. The highest BCUT2D eigenvalue weighted by molar-refractivity contribution is 9.28. The van der Waals surface area contributed by atoms with E-state index in [0.717, 1.165) is 42.1 Å². The van der Waals surface area contributed by atoms with Gasteiger partial charge in [0, 0.05) is 6.61 Å². The van der Waals surface area contributed by atoms with Crippen molar-refractivity contribution in [3.63, 3.8) is 0 Å². The summed E-state index contributed by atoms with van der Waals surface area (Å²) in [5.41, 5.74) is 0. The Morgan fingerprint density at radius 3 is 2.20 bits per heavy atom. The van der Waals surface area contributed by atoms with Crippen LogP contribution in [0.1, 0.15) is 59.8 Å². The Balaban J connectivity index is 1.61. The van der Waals surface area contributed by atoms with Crippen LogP contribution >= 0.6 is 31.9 Å². The minimum Gasteiger partial charge on any atom is -0.407 e. The van der Waals surface area contributed by atoms with Gasteiger partial charge in [0.15, 0.2) is 0 Å². The lowest BCUT2D eigenvalue weighted by atomic mass is 9.95. The largest absolute Gasteiger partial charge is 0.407 e. The SMILES string of the molecule is C[C@@H](CCCO[Si](c1ccccc1)(c1ccccc1)C(C)(C)C)C[C@@H]1CC=C[C@@H](CC=C(Br)Br)O1. The Morgan fingerprint density at radius 1 is 1.06 bits per heavy atom. The predicted molar refractivity (Wildman–Crippen MR) is 160 cm³/mol. The fraction of sp³-hybridized carbons (Fsp3) is 0.467. The van der Waals surface area contributed by atoms with Crippen LogP contribution in [0, 0.1) is 5.92 Å². The van der Waals surface area contributed by atoms with Gasteiger partial charge in [0.2, 0.25) is 0 Å². The summed E-state index contributed by atoms with van der Waals surface area (Å²) in [6.07, 6.45) is 12.3. The molecule has 0 fully saturated rings. The van der Waals surface area contributed by atoms with Crippen LogP contribution in [-0.4, -0.2) is 27.1 Å². The molecule has 0 unspecified atom stereocenters. The van der Waals surface area contributed by atoms with Crippen molar-refractivity contribution in [3.8, 4) is 0 Å². The highest BCUT2D eigenvalue weighted by Gasteiger charge is 2.49. The average molecular weight is 621 g/mol. The van der Waals surface area contributed by atoms with Crippen molar-refractivity contribution < 1.29 is 9.16 Å². The first kappa shape index (κ1) is 28.6. The minimum atomic E-state index is -2.44. The summed E-state index contributed by atoms with van der Waals surface area (Å²) < 4.78 is 14.4. The van der Waals surface area contributed by atoms with E-state index in [2.05, 4.69) is 138 Å². The maximum absolute atomic E-state index is 7.06. The first-order chi connectivity index (χ1) is 16.7. The molecule has 2 nitrogen and oxygen atoms in total. The lowest BCUT2D eigenvalue weighted by molar-refractivity contribution is -0.00513. The third-order valence-electron chi connectivity index (χ3n) is 6.86. The molecule has 3 atom stereocenters. The van der Waals surface area contributed by atoms with E-state index in [1.54, 1.807) is 0 Å². The molecule has 35 heavy (non-hydrogen) atoms. The molecule has 0 radical (unpaired) electrons. The van der Waals surface area contributed by atoms with E-state index in [1.807, 2.05) is 0 Å². The van der Waals surface area contributed by atoms with Crippen LogP contribution in [0.25, 0.3) is 0 Å². The van der Waals surface area contributed by atoms with Crippen LogP contribution in [0.5, 0.6) is 0 Å². The molecule has 0 N–H and O–H groups in total. The van der Waals surface area contributed by atoms with Crippen LogP contribution < -0.4 is 10.4 Å². The van der Waals surface area contributed by atoms with Crippen LogP contribution in [0.3, 0.4) is 0 Å². The van der Waals surface area contributed by atoms with Crippen LogP contribution in [0.15, 0.2) is 82.3 Å². The number of hydrogen-bond acceptors (Lipinski definition) is 2. The summed E-state index contributed by atoms with van der Waals surface area (Å²) in [7, 11) is -2.44. The molecule has 0 spiro atoms. The van der Waals surface area contributed by atoms with Gasteiger partial charge in [-0.25, -0.2) is 0 Å². The molecule has 1 heterocycles. The Hall–Kier alpha value is -0.983. The van der Waals surface area contributed by atoms with Gasteiger partial charge in [-0.05, 0) is 85.3 Å². The first-order valence-corrected chi connectivity index (χ1v) is 16.3. The molecule has 0 saturated carbocycles. The number of ether oxygens (including phenoxy) is 1. The van der Waals surface area contributed by atoms with Crippen molar-refractivity contribution in [1.82, 2.24) is 0 Å². The normalized spacial score (nSPS) is 19.4. The maximum Gasteiger partial charge on any atom is 0.261 e. The molecule has 2 aromatic rings. The summed E-state index contributed by atoms with van der Waals surface area (Å²) in [6, 6.07) is 21.8. The van der Waals surface area contributed by atoms with Gasteiger partial charge in [-0.2, -0.15) is 0 Å². The molecule has 0 aromatic heterocycles. The fourth-order valence-electron chi connectivity index (χ4n) is 5.21. The fourth-order valence-corrected chi connectivity index (χ4v) is 10.2. The predicted octanol–water partition coefficient (Wildman–Crippen LogP) is 8.10. The first-order valence-electron chi connectivity index (χ1n) is 12.8. The Kier molecular flexibility index (Phi) is 11.0. The van der Waals surface area contributed by atoms with Gasteiger partial charge < -0.3 is 9.16 Å². The van der Waals surface area contributed by atoms with Gasteiger partial charge in [-0.15, -0.1) is 0 Å². The topological polar surface area (TPSA) is 18.5 Å². The van der Waals surface area contributed by atoms with Crippen LogP contribution in [0.2, 0.25) is 5.04 Å². The number of halogens is 2. The molecular weight excluding hydrogens is 580 g/mol. The second kappa shape index (κ2) is 13.5. The van der Waals surface area contributed by atoms with Crippen molar-refractivity contribution >= 4 is 50.6 Å². The molecule has 3 rings (SSSR count). The molecule has 0 bridgehead atoms. The molecule has 190 valence electrons. The summed E-state index contributed by atoms with van der Waals surface area (Å²) in [5, 5.41) is 2.73. The standard InChI is InChI=1S/C30H40Br2O2Si/c1-24(23-26-15-11-14-25(34-26)20-21-29(31)32)13-12-22-33-35(30(2,3)4,27-16-7-5-8-17-27)28-18-9-6-10-19-28/h5-11,14,16-19,21,24-26H,12-13,15,20,22-23H2,1-4H3/t24-,25-,26-/m0/s1. The zero-order chi connectivity index (χ0) is 25.3. The van der Waals surface area contributed by atoms with Crippen molar-refractivity contribution in [2.24, 2.45) is 5.92 Å². The van der Waals surface area contributed by atoms with Gasteiger partial charge in [0.25, 0.3) is 8.32 Å². The Bertz CT molecular complexity index is 910. The third-order valence-corrected chi connectivity index (χ3v) is 12.6. The third kappa shape index (κ3) is 8.00. The minimum absolute atomic E-state index is 0.0250. The van der Waals surface area contributed by atoms with E-state index in [0.29, 0.717) is 12.0 Å². The molecule has 0 amide bonds. The smallest absolute Gasteiger partial charge is 0.261 e. The van der Waals surface area contributed by atoms with E-state index in [1.165, 1.54) is 10.4 Å². The van der Waals surface area contributed by atoms with Gasteiger partial charge in [-0.1, -0.05) is 107 Å². The Morgan fingerprint density at radius 2 is 1.66 bits per heavy atom. The monoisotopic (exact) mass is 618 g/mol. The molecule has 1 aliphatic heterocycles. The van der Waals surface area contributed by atoms with Gasteiger partial charge >= 0.3 is 0 Å².